The number of carbonyl (C=O) groups is 1. The molecule has 0 radical (unpaired) electrons. The first kappa shape index (κ1) is 21.6. The summed E-state index contributed by atoms with van der Waals surface area (Å²) in [4.78, 5) is 12.6. The van der Waals surface area contributed by atoms with Gasteiger partial charge in [0.05, 0.1) is 12.8 Å². The zero-order chi connectivity index (χ0) is 20.0. The number of benzene rings is 2. The Morgan fingerprint density at radius 2 is 1.85 bits per heavy atom. The number of nitrogens with one attached hydrogen (secondary N) is 1. The summed E-state index contributed by atoms with van der Waals surface area (Å²) < 4.78 is 26.4. The second-order valence-electron chi connectivity index (χ2n) is 6.49. The Morgan fingerprint density at radius 3 is 2.44 bits per heavy atom. The van der Waals surface area contributed by atoms with E-state index in [1.54, 1.807) is 0 Å². The molecule has 7 heteroatoms. The highest BCUT2D eigenvalue weighted by Gasteiger charge is 2.21. The standard InChI is InChI=1S/C20H25BrN2O3S/c1-4-17-13-18(21)12-15(2)20(17)22-19(24)14-23(27(3,25)26)11-10-16-8-6-5-7-9-16/h5-9,12-13H,4,10-11,14H2,1-3H3,(H,22,24). The summed E-state index contributed by atoms with van der Waals surface area (Å²) in [6.45, 7) is 3.99. The smallest absolute Gasteiger partial charge is 0.239 e. The highest BCUT2D eigenvalue weighted by Crippen LogP contribution is 2.26. The molecule has 0 aliphatic carbocycles. The SMILES string of the molecule is CCc1cc(Br)cc(C)c1NC(=O)CN(CCc1ccccc1)S(C)(=O)=O. The number of rotatable bonds is 8. The first-order valence-corrected chi connectivity index (χ1v) is 11.4. The van der Waals surface area contributed by atoms with E-state index in [1.165, 1.54) is 4.31 Å². The minimum atomic E-state index is -3.49. The minimum Gasteiger partial charge on any atom is -0.324 e. The lowest BCUT2D eigenvalue weighted by molar-refractivity contribution is -0.116. The average Bonchev–Trinajstić information content (AvgIpc) is 2.60. The van der Waals surface area contributed by atoms with E-state index in [0.29, 0.717) is 6.42 Å². The maximum atomic E-state index is 12.6. The van der Waals surface area contributed by atoms with Crippen LogP contribution in [0.1, 0.15) is 23.6 Å². The van der Waals surface area contributed by atoms with E-state index in [1.807, 2.05) is 56.3 Å². The molecule has 146 valence electrons. The van der Waals surface area contributed by atoms with Gasteiger partial charge in [0.1, 0.15) is 0 Å². The summed E-state index contributed by atoms with van der Waals surface area (Å²) in [5, 5.41) is 2.89. The molecule has 0 atom stereocenters. The molecule has 0 saturated carbocycles. The van der Waals surface area contributed by atoms with Crippen LogP contribution in [0.25, 0.3) is 0 Å². The van der Waals surface area contributed by atoms with Gasteiger partial charge < -0.3 is 5.32 Å². The number of sulfonamides is 1. The number of aryl methyl sites for hydroxylation is 2. The van der Waals surface area contributed by atoms with Gasteiger partial charge >= 0.3 is 0 Å². The quantitative estimate of drug-likeness (QED) is 0.662. The average molecular weight is 453 g/mol. The van der Waals surface area contributed by atoms with Crippen molar-refractivity contribution in [3.8, 4) is 0 Å². The van der Waals surface area contributed by atoms with Gasteiger partial charge in [0.2, 0.25) is 15.9 Å². The zero-order valence-corrected chi connectivity index (χ0v) is 18.2. The number of carbonyl (C=O) groups excluding carboxylic acids is 1. The molecule has 0 aliphatic heterocycles. The Kier molecular flexibility index (Phi) is 7.59. The fourth-order valence-electron chi connectivity index (χ4n) is 2.87. The fourth-order valence-corrected chi connectivity index (χ4v) is 4.26. The minimum absolute atomic E-state index is 0.204. The lowest BCUT2D eigenvalue weighted by Crippen LogP contribution is -2.38. The predicted octanol–water partition coefficient (Wildman–Crippen LogP) is 3.76. The van der Waals surface area contributed by atoms with Crippen molar-refractivity contribution in [3.05, 3.63) is 63.6 Å². The Hall–Kier alpha value is -1.70. The van der Waals surface area contributed by atoms with Crippen LogP contribution in [0.15, 0.2) is 46.9 Å². The summed E-state index contributed by atoms with van der Waals surface area (Å²) in [7, 11) is -3.49. The number of anilines is 1. The molecule has 0 heterocycles. The molecule has 2 rings (SSSR count). The highest BCUT2D eigenvalue weighted by molar-refractivity contribution is 9.10. The summed E-state index contributed by atoms with van der Waals surface area (Å²) in [5.74, 6) is -0.339. The second-order valence-corrected chi connectivity index (χ2v) is 9.39. The van der Waals surface area contributed by atoms with Crippen LogP contribution in [-0.4, -0.2) is 38.0 Å². The number of hydrogen-bond donors (Lipinski definition) is 1. The molecule has 0 aromatic heterocycles. The van der Waals surface area contributed by atoms with Gasteiger partial charge in [-0.1, -0.05) is 53.2 Å². The van der Waals surface area contributed by atoms with Crippen molar-refractivity contribution < 1.29 is 13.2 Å². The van der Waals surface area contributed by atoms with Gasteiger partial charge in [-0.05, 0) is 48.6 Å². The molecule has 1 N–H and O–H groups in total. The second kappa shape index (κ2) is 9.48. The maximum absolute atomic E-state index is 12.6. The monoisotopic (exact) mass is 452 g/mol. The topological polar surface area (TPSA) is 66.5 Å². The van der Waals surface area contributed by atoms with Crippen LogP contribution in [-0.2, 0) is 27.7 Å². The van der Waals surface area contributed by atoms with E-state index >= 15 is 0 Å². The first-order chi connectivity index (χ1) is 12.7. The van der Waals surface area contributed by atoms with Crippen LogP contribution in [0.4, 0.5) is 5.69 Å². The lowest BCUT2D eigenvalue weighted by Gasteiger charge is -2.21. The summed E-state index contributed by atoms with van der Waals surface area (Å²) in [5.41, 5.74) is 3.72. The number of hydrogen-bond acceptors (Lipinski definition) is 3. The Labute approximate surface area is 170 Å². The van der Waals surface area contributed by atoms with Crippen LogP contribution in [0, 0.1) is 6.92 Å². The van der Waals surface area contributed by atoms with Gasteiger partial charge in [-0.3, -0.25) is 4.79 Å². The van der Waals surface area contributed by atoms with Crippen LogP contribution >= 0.6 is 15.9 Å². The van der Waals surface area contributed by atoms with Gasteiger partial charge in [0, 0.05) is 16.7 Å². The van der Waals surface area contributed by atoms with Crippen molar-refractivity contribution in [2.75, 3.05) is 24.7 Å². The molecule has 0 saturated heterocycles. The van der Waals surface area contributed by atoms with Gasteiger partial charge in [-0.15, -0.1) is 0 Å². The maximum Gasteiger partial charge on any atom is 0.239 e. The van der Waals surface area contributed by atoms with Gasteiger partial charge in [-0.2, -0.15) is 4.31 Å². The first-order valence-electron chi connectivity index (χ1n) is 8.78. The van der Waals surface area contributed by atoms with Crippen LogP contribution in [0.5, 0.6) is 0 Å². The Morgan fingerprint density at radius 1 is 1.19 bits per heavy atom. The summed E-state index contributed by atoms with van der Waals surface area (Å²) in [6.07, 6.45) is 2.45. The van der Waals surface area contributed by atoms with Crippen molar-refractivity contribution >= 4 is 37.5 Å². The van der Waals surface area contributed by atoms with Crippen LogP contribution in [0.3, 0.4) is 0 Å². The Bertz CT molecular complexity index is 899. The molecule has 0 unspecified atom stereocenters. The van der Waals surface area contributed by atoms with Crippen molar-refractivity contribution in [2.45, 2.75) is 26.7 Å². The number of nitrogens with zero attached hydrogens (tertiary/aromatic N) is 1. The molecular formula is C20H25BrN2O3S. The van der Waals surface area contributed by atoms with E-state index in [2.05, 4.69) is 21.2 Å². The third kappa shape index (κ3) is 6.45. The van der Waals surface area contributed by atoms with Crippen LogP contribution in [0.2, 0.25) is 0 Å². The predicted molar refractivity (Wildman–Crippen MR) is 113 cm³/mol. The summed E-state index contributed by atoms with van der Waals surface area (Å²) in [6, 6.07) is 13.5. The third-order valence-corrected chi connectivity index (χ3v) is 6.02. The van der Waals surface area contributed by atoms with Gasteiger partial charge in [0.15, 0.2) is 0 Å². The molecule has 27 heavy (non-hydrogen) atoms. The van der Waals surface area contributed by atoms with Crippen LogP contribution < -0.4 is 5.32 Å². The van der Waals surface area contributed by atoms with E-state index < -0.39 is 10.0 Å². The largest absolute Gasteiger partial charge is 0.324 e. The van der Waals surface area contributed by atoms with E-state index in [-0.39, 0.29) is 19.0 Å². The van der Waals surface area contributed by atoms with Crippen molar-refractivity contribution in [3.63, 3.8) is 0 Å². The Balaban J connectivity index is 2.10. The van der Waals surface area contributed by atoms with E-state index in [9.17, 15) is 13.2 Å². The molecule has 2 aromatic carbocycles. The molecule has 0 bridgehead atoms. The van der Waals surface area contributed by atoms with Crippen molar-refractivity contribution in [1.29, 1.82) is 0 Å². The number of halogens is 1. The molecule has 5 nitrogen and oxygen atoms in total. The summed E-state index contributed by atoms with van der Waals surface area (Å²) >= 11 is 3.46. The van der Waals surface area contributed by atoms with Crippen molar-refractivity contribution in [1.82, 2.24) is 4.31 Å². The zero-order valence-electron chi connectivity index (χ0n) is 15.8. The molecule has 0 aliphatic rings. The highest BCUT2D eigenvalue weighted by atomic mass is 79.9. The third-order valence-electron chi connectivity index (χ3n) is 4.31. The molecule has 2 aromatic rings. The van der Waals surface area contributed by atoms with Gasteiger partial charge in [0.25, 0.3) is 0 Å². The van der Waals surface area contributed by atoms with E-state index in [0.717, 1.165) is 39.5 Å². The lowest BCUT2D eigenvalue weighted by atomic mass is 10.1. The number of amides is 1. The van der Waals surface area contributed by atoms with Crippen molar-refractivity contribution in [2.24, 2.45) is 0 Å². The normalized spacial score (nSPS) is 11.6. The molecule has 1 amide bonds. The van der Waals surface area contributed by atoms with Gasteiger partial charge in [-0.25, -0.2) is 8.42 Å². The van der Waals surface area contributed by atoms with E-state index in [4.69, 9.17) is 0 Å². The fraction of sp³-hybridized carbons (Fsp3) is 0.350. The molecule has 0 spiro atoms. The molecule has 0 fully saturated rings. The molecular weight excluding hydrogens is 428 g/mol.